The third-order valence-electron chi connectivity index (χ3n) is 7.94. The van der Waals surface area contributed by atoms with Gasteiger partial charge in [0.1, 0.15) is 10.5 Å². The molecule has 1 aromatic carbocycles. The fraction of sp³-hybridized carbons (Fsp3) is 0.593. The predicted octanol–water partition coefficient (Wildman–Crippen LogP) is 2.41. The zero-order valence-corrected chi connectivity index (χ0v) is 22.6. The molecular formula is C27H38N8O2S. The number of aromatic nitrogens is 3. The largest absolute Gasteiger partial charge is 0.379 e. The second-order valence-electron chi connectivity index (χ2n) is 10.6. The molecule has 0 spiro atoms. The Labute approximate surface area is 226 Å². The first kappa shape index (κ1) is 25.7. The van der Waals surface area contributed by atoms with E-state index >= 15 is 0 Å². The lowest BCUT2D eigenvalue weighted by atomic mass is 9.91. The number of fused-ring (bicyclic) bond motifs is 1. The Morgan fingerprint density at radius 2 is 2.00 bits per heavy atom. The normalized spacial score (nSPS) is 24.6. The van der Waals surface area contributed by atoms with Crippen molar-refractivity contribution in [3.63, 3.8) is 0 Å². The van der Waals surface area contributed by atoms with E-state index in [9.17, 15) is 4.79 Å². The SMILES string of the molecule is N[C@@H]1CCCC[C@@H]1Nc1cccc2sc(-c3c(CN[C@@H]4CCCNC4)nc(N4CCOCC4)[nH]c3=O)nc12. The number of anilines is 2. The van der Waals surface area contributed by atoms with Crippen LogP contribution in [0, 0.1) is 0 Å². The molecule has 0 radical (unpaired) electrons. The van der Waals surface area contributed by atoms with E-state index in [-0.39, 0.29) is 17.6 Å². The van der Waals surface area contributed by atoms with Gasteiger partial charge in [0.05, 0.1) is 34.9 Å². The van der Waals surface area contributed by atoms with E-state index in [0.29, 0.717) is 55.4 Å². The van der Waals surface area contributed by atoms with Crippen LogP contribution >= 0.6 is 11.3 Å². The van der Waals surface area contributed by atoms with Crippen LogP contribution in [0.25, 0.3) is 20.8 Å². The molecule has 3 aromatic rings. The van der Waals surface area contributed by atoms with Crippen LogP contribution in [0.15, 0.2) is 23.0 Å². The van der Waals surface area contributed by atoms with Crippen LogP contribution in [0.5, 0.6) is 0 Å². The molecule has 38 heavy (non-hydrogen) atoms. The highest BCUT2D eigenvalue weighted by Crippen LogP contribution is 2.35. The summed E-state index contributed by atoms with van der Waals surface area (Å²) in [5, 5.41) is 11.5. The van der Waals surface area contributed by atoms with Crippen LogP contribution < -0.4 is 32.1 Å². The molecule has 1 aliphatic carbocycles. The van der Waals surface area contributed by atoms with E-state index in [1.807, 2.05) is 6.07 Å². The molecule has 6 rings (SSSR count). The molecule has 0 amide bonds. The van der Waals surface area contributed by atoms with E-state index in [1.165, 1.54) is 12.8 Å². The molecular weight excluding hydrogens is 500 g/mol. The van der Waals surface area contributed by atoms with Crippen molar-refractivity contribution in [2.24, 2.45) is 5.73 Å². The van der Waals surface area contributed by atoms with Crippen molar-refractivity contribution >= 4 is 33.2 Å². The number of benzene rings is 1. The summed E-state index contributed by atoms with van der Waals surface area (Å²) < 4.78 is 6.55. The van der Waals surface area contributed by atoms with Crippen LogP contribution in [0.3, 0.4) is 0 Å². The number of piperidine rings is 1. The molecule has 2 aliphatic heterocycles. The number of rotatable bonds is 7. The van der Waals surface area contributed by atoms with E-state index in [0.717, 1.165) is 60.4 Å². The third-order valence-corrected chi connectivity index (χ3v) is 8.98. The summed E-state index contributed by atoms with van der Waals surface area (Å²) in [5.41, 5.74) is 9.43. The topological polar surface area (TPSA) is 133 Å². The van der Waals surface area contributed by atoms with Crippen LogP contribution in [0.1, 0.15) is 44.2 Å². The maximum Gasteiger partial charge on any atom is 0.262 e. The number of hydrogen-bond acceptors (Lipinski definition) is 10. The number of thiazole rings is 1. The molecule has 4 heterocycles. The van der Waals surface area contributed by atoms with Gasteiger partial charge in [0.15, 0.2) is 0 Å². The Hall–Kier alpha value is -2.57. The molecule has 11 heteroatoms. The van der Waals surface area contributed by atoms with Gasteiger partial charge in [0.25, 0.3) is 5.56 Å². The zero-order valence-electron chi connectivity index (χ0n) is 21.8. The van der Waals surface area contributed by atoms with Gasteiger partial charge >= 0.3 is 0 Å². The number of morpholine rings is 1. The first-order valence-electron chi connectivity index (χ1n) is 14.0. The van der Waals surface area contributed by atoms with Gasteiger partial charge in [0, 0.05) is 44.3 Å². The van der Waals surface area contributed by atoms with Crippen LogP contribution in [0.2, 0.25) is 0 Å². The monoisotopic (exact) mass is 538 g/mol. The minimum absolute atomic E-state index is 0.142. The maximum atomic E-state index is 13.6. The van der Waals surface area contributed by atoms with Gasteiger partial charge in [-0.2, -0.15) is 0 Å². The minimum atomic E-state index is -0.150. The Bertz CT molecular complexity index is 1300. The number of hydrogen-bond donors (Lipinski definition) is 5. The lowest BCUT2D eigenvalue weighted by molar-refractivity contribution is 0.122. The molecule has 2 saturated heterocycles. The number of nitrogens with one attached hydrogen (secondary N) is 4. The molecule has 3 fully saturated rings. The zero-order chi connectivity index (χ0) is 25.9. The number of aromatic amines is 1. The Morgan fingerprint density at radius 3 is 2.82 bits per heavy atom. The standard InChI is InChI=1S/C27H38N8O2S/c28-18-6-1-2-7-19(18)31-20-8-3-9-22-24(20)33-26(38-22)23-21(16-30-17-5-4-10-29-15-17)32-27(34-25(23)36)35-11-13-37-14-12-35/h3,8-9,17-19,29-31H,1-2,4-7,10-16,28H2,(H,32,34,36)/t17-,18-,19+/m1/s1. The summed E-state index contributed by atoms with van der Waals surface area (Å²) in [6.07, 6.45) is 6.74. The van der Waals surface area contributed by atoms with E-state index in [4.69, 9.17) is 20.4 Å². The van der Waals surface area contributed by atoms with Crippen molar-refractivity contribution in [3.8, 4) is 10.6 Å². The number of H-pyrrole nitrogens is 1. The predicted molar refractivity (Wildman–Crippen MR) is 153 cm³/mol. The first-order chi connectivity index (χ1) is 18.7. The lowest BCUT2D eigenvalue weighted by Gasteiger charge is -2.30. The Morgan fingerprint density at radius 1 is 1.13 bits per heavy atom. The second-order valence-corrected chi connectivity index (χ2v) is 11.6. The van der Waals surface area contributed by atoms with Gasteiger partial charge in [0.2, 0.25) is 5.95 Å². The van der Waals surface area contributed by atoms with E-state index < -0.39 is 0 Å². The van der Waals surface area contributed by atoms with Gasteiger partial charge in [-0.05, 0) is 44.4 Å². The van der Waals surface area contributed by atoms with Crippen molar-refractivity contribution in [3.05, 3.63) is 34.2 Å². The summed E-state index contributed by atoms with van der Waals surface area (Å²) >= 11 is 1.54. The van der Waals surface area contributed by atoms with E-state index in [1.54, 1.807) is 11.3 Å². The molecule has 1 saturated carbocycles. The molecule has 3 aliphatic rings. The highest BCUT2D eigenvalue weighted by molar-refractivity contribution is 7.21. The number of nitrogens with two attached hydrogens (primary N) is 1. The van der Waals surface area contributed by atoms with Crippen LogP contribution in [0.4, 0.5) is 11.6 Å². The summed E-state index contributed by atoms with van der Waals surface area (Å²) in [4.78, 5) is 28.8. The highest BCUT2D eigenvalue weighted by atomic mass is 32.1. The summed E-state index contributed by atoms with van der Waals surface area (Å²) in [6, 6.07) is 6.91. The molecule has 6 N–H and O–H groups in total. The maximum absolute atomic E-state index is 13.6. The average Bonchev–Trinajstić information content (AvgIpc) is 3.38. The average molecular weight is 539 g/mol. The first-order valence-corrected chi connectivity index (χ1v) is 14.8. The van der Waals surface area contributed by atoms with E-state index in [2.05, 4.69) is 38.0 Å². The van der Waals surface area contributed by atoms with Crippen LogP contribution in [-0.4, -0.2) is 72.5 Å². The molecule has 0 unspecified atom stereocenters. The van der Waals surface area contributed by atoms with Crippen molar-refractivity contribution in [1.29, 1.82) is 0 Å². The summed E-state index contributed by atoms with van der Waals surface area (Å²) in [6.45, 7) is 5.18. The van der Waals surface area contributed by atoms with Crippen molar-refractivity contribution in [2.45, 2.75) is 63.2 Å². The van der Waals surface area contributed by atoms with Crippen LogP contribution in [-0.2, 0) is 11.3 Å². The van der Waals surface area contributed by atoms with Crippen molar-refractivity contribution < 1.29 is 4.74 Å². The molecule has 3 atom stereocenters. The summed E-state index contributed by atoms with van der Waals surface area (Å²) in [7, 11) is 0. The molecule has 204 valence electrons. The third kappa shape index (κ3) is 5.57. The number of para-hydroxylation sites is 1. The number of nitrogens with zero attached hydrogens (tertiary/aromatic N) is 3. The minimum Gasteiger partial charge on any atom is -0.379 e. The fourth-order valence-electron chi connectivity index (χ4n) is 5.76. The summed E-state index contributed by atoms with van der Waals surface area (Å²) in [5.74, 6) is 0.607. The van der Waals surface area contributed by atoms with Gasteiger partial charge in [-0.3, -0.25) is 9.78 Å². The molecule has 0 bridgehead atoms. The van der Waals surface area contributed by atoms with Crippen molar-refractivity contribution in [2.75, 3.05) is 49.6 Å². The molecule has 2 aromatic heterocycles. The number of ether oxygens (including phenoxy) is 1. The Kier molecular flexibility index (Phi) is 7.89. The van der Waals surface area contributed by atoms with Gasteiger partial charge in [-0.15, -0.1) is 11.3 Å². The van der Waals surface area contributed by atoms with Gasteiger partial charge in [-0.1, -0.05) is 18.9 Å². The smallest absolute Gasteiger partial charge is 0.262 e. The Balaban J connectivity index is 1.35. The van der Waals surface area contributed by atoms with Gasteiger partial charge < -0.3 is 31.3 Å². The lowest BCUT2D eigenvalue weighted by Crippen LogP contribution is -2.43. The quantitative estimate of drug-likeness (QED) is 0.307. The molecule has 10 nitrogen and oxygen atoms in total. The second kappa shape index (κ2) is 11.7. The fourth-order valence-corrected chi connectivity index (χ4v) is 6.81. The van der Waals surface area contributed by atoms with Gasteiger partial charge in [-0.25, -0.2) is 9.97 Å². The van der Waals surface area contributed by atoms with Crippen molar-refractivity contribution in [1.82, 2.24) is 25.6 Å². The highest BCUT2D eigenvalue weighted by Gasteiger charge is 2.25.